The molecule has 1 saturated carbocycles. The molecule has 2 rings (SSSR count). The minimum Gasteiger partial charge on any atom is -0.303 e. The summed E-state index contributed by atoms with van der Waals surface area (Å²) < 4.78 is 1.17. The summed E-state index contributed by atoms with van der Waals surface area (Å²) in [6, 6.07) is 8.26. The minimum atomic E-state index is 0.303. The highest BCUT2D eigenvalue weighted by Gasteiger charge is 2.30. The van der Waals surface area contributed by atoms with E-state index in [1.165, 1.54) is 10.0 Å². The van der Waals surface area contributed by atoms with E-state index in [1.807, 2.05) is 12.1 Å². The first-order chi connectivity index (χ1) is 6.31. The maximum atomic E-state index is 10.4. The smallest absolute Gasteiger partial charge is 0.123 e. The highest BCUT2D eigenvalue weighted by atomic mass is 79.9. The molecule has 0 heterocycles. The van der Waals surface area contributed by atoms with Crippen molar-refractivity contribution in [2.24, 2.45) is 5.92 Å². The van der Waals surface area contributed by atoms with E-state index in [9.17, 15) is 4.79 Å². The zero-order chi connectivity index (χ0) is 9.26. The van der Waals surface area contributed by atoms with Gasteiger partial charge in [-0.05, 0) is 30.4 Å². The lowest BCUT2D eigenvalue weighted by molar-refractivity contribution is -0.113. The molecule has 0 amide bonds. The van der Waals surface area contributed by atoms with Gasteiger partial charge in [0.05, 0.1) is 0 Å². The molecule has 1 aliphatic rings. The second-order valence-electron chi connectivity index (χ2n) is 3.59. The zero-order valence-corrected chi connectivity index (χ0v) is 8.83. The van der Waals surface area contributed by atoms with Crippen LogP contribution in [0.5, 0.6) is 0 Å². The molecule has 0 unspecified atom stereocenters. The van der Waals surface area contributed by atoms with Crippen molar-refractivity contribution in [1.82, 2.24) is 0 Å². The molecule has 2 heteroatoms. The van der Waals surface area contributed by atoms with Gasteiger partial charge in [-0.2, -0.15) is 0 Å². The van der Waals surface area contributed by atoms with Crippen LogP contribution in [0.15, 0.2) is 28.7 Å². The lowest BCUT2D eigenvalue weighted by Gasteiger charge is -2.32. The zero-order valence-electron chi connectivity index (χ0n) is 7.24. The van der Waals surface area contributed by atoms with E-state index in [0.29, 0.717) is 11.8 Å². The Morgan fingerprint density at radius 3 is 2.62 bits per heavy atom. The van der Waals surface area contributed by atoms with Gasteiger partial charge < -0.3 is 4.79 Å². The van der Waals surface area contributed by atoms with E-state index in [-0.39, 0.29) is 0 Å². The SMILES string of the molecule is O=CC1CC(c2ccccc2Br)C1. The van der Waals surface area contributed by atoms with Gasteiger partial charge in [0, 0.05) is 10.4 Å². The second kappa shape index (κ2) is 3.62. The highest BCUT2D eigenvalue weighted by molar-refractivity contribution is 9.10. The standard InChI is InChI=1S/C11H11BrO/c12-11-4-2-1-3-10(11)9-5-8(6-9)7-13/h1-4,7-9H,5-6H2. The number of hydrogen-bond acceptors (Lipinski definition) is 1. The summed E-state index contributed by atoms with van der Waals surface area (Å²) in [4.78, 5) is 10.4. The lowest BCUT2D eigenvalue weighted by atomic mass is 9.72. The fraction of sp³-hybridized carbons (Fsp3) is 0.364. The van der Waals surface area contributed by atoms with Crippen LogP contribution < -0.4 is 0 Å². The van der Waals surface area contributed by atoms with E-state index in [4.69, 9.17) is 0 Å². The summed E-state index contributed by atoms with van der Waals surface area (Å²) in [7, 11) is 0. The van der Waals surface area contributed by atoms with Crippen LogP contribution in [0, 0.1) is 5.92 Å². The molecule has 0 atom stereocenters. The van der Waals surface area contributed by atoms with E-state index < -0.39 is 0 Å². The average molecular weight is 239 g/mol. The molecule has 68 valence electrons. The van der Waals surface area contributed by atoms with Crippen LogP contribution in [0.4, 0.5) is 0 Å². The minimum absolute atomic E-state index is 0.303. The number of benzene rings is 1. The third-order valence-electron chi connectivity index (χ3n) is 2.71. The van der Waals surface area contributed by atoms with Crippen molar-refractivity contribution in [2.45, 2.75) is 18.8 Å². The number of halogens is 1. The molecule has 0 aliphatic heterocycles. The predicted molar refractivity (Wildman–Crippen MR) is 55.7 cm³/mol. The van der Waals surface area contributed by atoms with Crippen molar-refractivity contribution >= 4 is 22.2 Å². The fourth-order valence-corrected chi connectivity index (χ4v) is 2.44. The molecule has 0 aromatic heterocycles. The summed E-state index contributed by atoms with van der Waals surface area (Å²) in [5.41, 5.74) is 1.35. The molecule has 0 saturated heterocycles. The molecule has 1 aromatic rings. The Morgan fingerprint density at radius 1 is 1.31 bits per heavy atom. The van der Waals surface area contributed by atoms with Crippen molar-refractivity contribution < 1.29 is 4.79 Å². The van der Waals surface area contributed by atoms with Crippen molar-refractivity contribution in [2.75, 3.05) is 0 Å². The van der Waals surface area contributed by atoms with Crippen LogP contribution in [0.2, 0.25) is 0 Å². The normalized spacial score (nSPS) is 26.5. The van der Waals surface area contributed by atoms with Crippen LogP contribution in [0.3, 0.4) is 0 Å². The Bertz CT molecular complexity index is 316. The first-order valence-electron chi connectivity index (χ1n) is 4.51. The van der Waals surface area contributed by atoms with Crippen molar-refractivity contribution in [3.8, 4) is 0 Å². The summed E-state index contributed by atoms with van der Waals surface area (Å²) >= 11 is 3.53. The Morgan fingerprint density at radius 2 is 2.00 bits per heavy atom. The molecule has 1 aromatic carbocycles. The molecule has 1 aliphatic carbocycles. The third kappa shape index (κ3) is 1.68. The van der Waals surface area contributed by atoms with E-state index >= 15 is 0 Å². The number of aldehydes is 1. The Balaban J connectivity index is 2.11. The van der Waals surface area contributed by atoms with Crippen LogP contribution in [-0.4, -0.2) is 6.29 Å². The molecule has 0 N–H and O–H groups in total. The summed E-state index contributed by atoms with van der Waals surface area (Å²) in [6.07, 6.45) is 3.12. The van der Waals surface area contributed by atoms with Crippen LogP contribution in [0.25, 0.3) is 0 Å². The monoisotopic (exact) mass is 238 g/mol. The highest BCUT2D eigenvalue weighted by Crippen LogP contribution is 2.42. The van der Waals surface area contributed by atoms with Crippen molar-refractivity contribution in [1.29, 1.82) is 0 Å². The van der Waals surface area contributed by atoms with E-state index in [1.54, 1.807) is 0 Å². The quantitative estimate of drug-likeness (QED) is 0.724. The van der Waals surface area contributed by atoms with E-state index in [0.717, 1.165) is 19.1 Å². The molecular weight excluding hydrogens is 228 g/mol. The number of carbonyl (C=O) groups is 1. The maximum absolute atomic E-state index is 10.4. The Labute approximate surface area is 86.3 Å². The number of carbonyl (C=O) groups excluding carboxylic acids is 1. The van der Waals surface area contributed by atoms with Gasteiger partial charge in [0.25, 0.3) is 0 Å². The summed E-state index contributed by atoms with van der Waals surface area (Å²) in [6.45, 7) is 0. The van der Waals surface area contributed by atoms with Gasteiger partial charge in [0.2, 0.25) is 0 Å². The molecular formula is C11H11BrO. The largest absolute Gasteiger partial charge is 0.303 e. The van der Waals surface area contributed by atoms with Crippen LogP contribution in [0.1, 0.15) is 24.3 Å². The van der Waals surface area contributed by atoms with Gasteiger partial charge in [-0.25, -0.2) is 0 Å². The first-order valence-corrected chi connectivity index (χ1v) is 5.30. The molecule has 0 radical (unpaired) electrons. The first kappa shape index (κ1) is 8.95. The number of rotatable bonds is 2. The second-order valence-corrected chi connectivity index (χ2v) is 4.44. The molecule has 0 bridgehead atoms. The van der Waals surface area contributed by atoms with Gasteiger partial charge in [-0.15, -0.1) is 0 Å². The van der Waals surface area contributed by atoms with E-state index in [2.05, 4.69) is 28.1 Å². The summed E-state index contributed by atoms with van der Waals surface area (Å²) in [5, 5.41) is 0. The van der Waals surface area contributed by atoms with Gasteiger partial charge >= 0.3 is 0 Å². The van der Waals surface area contributed by atoms with Crippen molar-refractivity contribution in [3.63, 3.8) is 0 Å². The predicted octanol–water partition coefficient (Wildman–Crippen LogP) is 3.14. The maximum Gasteiger partial charge on any atom is 0.123 e. The molecule has 0 spiro atoms. The average Bonchev–Trinajstić information content (AvgIpc) is 2.06. The Hall–Kier alpha value is -0.630. The Kier molecular flexibility index (Phi) is 2.49. The van der Waals surface area contributed by atoms with Gasteiger partial charge in [-0.1, -0.05) is 34.1 Å². The van der Waals surface area contributed by atoms with Crippen LogP contribution in [-0.2, 0) is 4.79 Å². The van der Waals surface area contributed by atoms with Gasteiger partial charge in [0.15, 0.2) is 0 Å². The molecule has 1 nitrogen and oxygen atoms in total. The van der Waals surface area contributed by atoms with Gasteiger partial charge in [0.1, 0.15) is 6.29 Å². The summed E-state index contributed by atoms with van der Waals surface area (Å²) in [5.74, 6) is 0.892. The van der Waals surface area contributed by atoms with Crippen LogP contribution >= 0.6 is 15.9 Å². The third-order valence-corrected chi connectivity index (χ3v) is 3.43. The number of hydrogen-bond donors (Lipinski definition) is 0. The molecule has 13 heavy (non-hydrogen) atoms. The molecule has 1 fully saturated rings. The van der Waals surface area contributed by atoms with Gasteiger partial charge in [-0.3, -0.25) is 0 Å². The lowest BCUT2D eigenvalue weighted by Crippen LogP contribution is -2.22. The topological polar surface area (TPSA) is 17.1 Å². The van der Waals surface area contributed by atoms with Crippen molar-refractivity contribution in [3.05, 3.63) is 34.3 Å². The fourth-order valence-electron chi connectivity index (χ4n) is 1.83.